The Hall–Kier alpha value is -1.99. The van der Waals surface area contributed by atoms with Crippen LogP contribution in [0, 0.1) is 10.1 Å². The fraction of sp³-hybridized carbons (Fsp3) is 0.533. The Morgan fingerprint density at radius 2 is 2.27 bits per heavy atom. The van der Waals surface area contributed by atoms with Crippen LogP contribution in [-0.2, 0) is 11.2 Å². The Labute approximate surface area is 129 Å². The van der Waals surface area contributed by atoms with Crippen molar-refractivity contribution >= 4 is 17.3 Å². The summed E-state index contributed by atoms with van der Waals surface area (Å²) in [6.45, 7) is 5.67. The highest BCUT2D eigenvalue weighted by molar-refractivity contribution is 5.97. The Bertz CT molecular complexity index is 604. The monoisotopic (exact) mass is 304 g/mol. The average molecular weight is 304 g/mol. The van der Waals surface area contributed by atoms with Crippen molar-refractivity contribution in [2.24, 2.45) is 0 Å². The van der Waals surface area contributed by atoms with Crippen LogP contribution in [0.3, 0.4) is 0 Å². The molecular weight excluding hydrogens is 284 g/mol. The molecule has 0 radical (unpaired) electrons. The van der Waals surface area contributed by atoms with Crippen LogP contribution in [0.25, 0.3) is 0 Å². The third kappa shape index (κ3) is 2.95. The highest BCUT2D eigenvalue weighted by atomic mass is 16.6. The summed E-state index contributed by atoms with van der Waals surface area (Å²) in [5.74, 6) is 0.0216. The van der Waals surface area contributed by atoms with Gasteiger partial charge in [-0.3, -0.25) is 19.8 Å². The lowest BCUT2D eigenvalue weighted by molar-refractivity contribution is -0.384. The van der Waals surface area contributed by atoms with E-state index in [0.29, 0.717) is 24.8 Å². The molecule has 1 unspecified atom stereocenters. The van der Waals surface area contributed by atoms with E-state index < -0.39 is 4.92 Å². The van der Waals surface area contributed by atoms with Crippen LogP contribution in [0.4, 0.5) is 11.4 Å². The van der Waals surface area contributed by atoms with Crippen LogP contribution >= 0.6 is 0 Å². The van der Waals surface area contributed by atoms with Gasteiger partial charge >= 0.3 is 0 Å². The Kier molecular flexibility index (Phi) is 4.08. The molecule has 7 heteroatoms. The molecule has 2 heterocycles. The molecule has 1 saturated heterocycles. The van der Waals surface area contributed by atoms with Gasteiger partial charge in [0.1, 0.15) is 0 Å². The molecule has 1 fully saturated rings. The number of nitrogens with one attached hydrogen (secondary N) is 1. The highest BCUT2D eigenvalue weighted by Gasteiger charge is 2.28. The molecule has 0 saturated carbocycles. The van der Waals surface area contributed by atoms with Gasteiger partial charge in [-0.05, 0) is 18.9 Å². The molecule has 0 aromatic heterocycles. The molecule has 0 aliphatic carbocycles. The van der Waals surface area contributed by atoms with Gasteiger partial charge in [-0.2, -0.15) is 0 Å². The van der Waals surface area contributed by atoms with E-state index in [9.17, 15) is 14.9 Å². The van der Waals surface area contributed by atoms with Gasteiger partial charge in [0.25, 0.3) is 5.69 Å². The molecule has 1 amide bonds. The molecule has 1 aromatic rings. The molecule has 1 aromatic carbocycles. The second-order valence-corrected chi connectivity index (χ2v) is 5.96. The Balaban J connectivity index is 1.73. The molecular formula is C15H20N4O3. The number of rotatable bonds is 3. The number of nitro benzene ring substituents is 1. The minimum Gasteiger partial charge on any atom is -0.312 e. The first-order valence-electron chi connectivity index (χ1n) is 7.58. The van der Waals surface area contributed by atoms with E-state index in [-0.39, 0.29) is 11.6 Å². The lowest BCUT2D eigenvalue weighted by Crippen LogP contribution is -2.52. The SMILES string of the molecule is CC1CN(CC(=O)N2CCc3ccc([N+](=O)[O-])cc32)CCN1. The smallest absolute Gasteiger partial charge is 0.271 e. The van der Waals surface area contributed by atoms with Crippen molar-refractivity contribution in [3.8, 4) is 0 Å². The summed E-state index contributed by atoms with van der Waals surface area (Å²) < 4.78 is 0. The number of nitro groups is 1. The maximum atomic E-state index is 12.6. The Morgan fingerprint density at radius 1 is 1.45 bits per heavy atom. The molecule has 1 atom stereocenters. The molecule has 0 spiro atoms. The number of benzene rings is 1. The Morgan fingerprint density at radius 3 is 3.00 bits per heavy atom. The quantitative estimate of drug-likeness (QED) is 0.659. The zero-order valence-corrected chi connectivity index (χ0v) is 12.6. The van der Waals surface area contributed by atoms with Crippen molar-refractivity contribution in [3.63, 3.8) is 0 Å². The molecule has 7 nitrogen and oxygen atoms in total. The summed E-state index contributed by atoms with van der Waals surface area (Å²) >= 11 is 0. The number of nitrogens with zero attached hydrogens (tertiary/aromatic N) is 3. The molecule has 118 valence electrons. The average Bonchev–Trinajstić information content (AvgIpc) is 2.90. The number of hydrogen-bond donors (Lipinski definition) is 1. The molecule has 0 bridgehead atoms. The molecule has 1 N–H and O–H groups in total. The van der Waals surface area contributed by atoms with Crippen LogP contribution in [-0.4, -0.2) is 54.5 Å². The van der Waals surface area contributed by atoms with E-state index in [1.807, 2.05) is 0 Å². The standard InChI is InChI=1S/C15H20N4O3/c1-11-9-17(7-5-16-11)10-15(20)18-6-4-12-2-3-13(19(21)22)8-14(12)18/h2-3,8,11,16H,4-7,9-10H2,1H3. The van der Waals surface area contributed by atoms with Crippen LogP contribution < -0.4 is 10.2 Å². The van der Waals surface area contributed by atoms with E-state index in [2.05, 4.69) is 17.1 Å². The first-order valence-corrected chi connectivity index (χ1v) is 7.58. The topological polar surface area (TPSA) is 78.7 Å². The summed E-state index contributed by atoms with van der Waals surface area (Å²) in [6, 6.07) is 5.16. The van der Waals surface area contributed by atoms with E-state index in [1.165, 1.54) is 12.1 Å². The van der Waals surface area contributed by atoms with Crippen LogP contribution in [0.2, 0.25) is 0 Å². The van der Waals surface area contributed by atoms with E-state index in [1.54, 1.807) is 11.0 Å². The van der Waals surface area contributed by atoms with Gasteiger partial charge < -0.3 is 10.2 Å². The first kappa shape index (κ1) is 14.9. The predicted octanol–water partition coefficient (Wildman–Crippen LogP) is 0.778. The number of piperazine rings is 1. The number of carbonyl (C=O) groups is 1. The third-order valence-electron chi connectivity index (χ3n) is 4.29. The fourth-order valence-electron chi connectivity index (χ4n) is 3.17. The van der Waals surface area contributed by atoms with Crippen molar-refractivity contribution in [3.05, 3.63) is 33.9 Å². The van der Waals surface area contributed by atoms with Crippen LogP contribution in [0.5, 0.6) is 0 Å². The van der Waals surface area contributed by atoms with Crippen molar-refractivity contribution in [1.82, 2.24) is 10.2 Å². The minimum atomic E-state index is -0.417. The van der Waals surface area contributed by atoms with Gasteiger partial charge in [-0.15, -0.1) is 0 Å². The molecule has 22 heavy (non-hydrogen) atoms. The highest BCUT2D eigenvalue weighted by Crippen LogP contribution is 2.31. The van der Waals surface area contributed by atoms with Crippen molar-refractivity contribution in [2.45, 2.75) is 19.4 Å². The van der Waals surface area contributed by atoms with Crippen molar-refractivity contribution in [2.75, 3.05) is 37.6 Å². The zero-order valence-electron chi connectivity index (χ0n) is 12.6. The second-order valence-electron chi connectivity index (χ2n) is 5.96. The van der Waals surface area contributed by atoms with Crippen molar-refractivity contribution < 1.29 is 9.72 Å². The number of hydrogen-bond acceptors (Lipinski definition) is 5. The summed E-state index contributed by atoms with van der Waals surface area (Å²) in [7, 11) is 0. The summed E-state index contributed by atoms with van der Waals surface area (Å²) in [6.07, 6.45) is 0.761. The van der Waals surface area contributed by atoms with Crippen LogP contribution in [0.15, 0.2) is 18.2 Å². The molecule has 3 rings (SSSR count). The maximum absolute atomic E-state index is 12.6. The largest absolute Gasteiger partial charge is 0.312 e. The fourth-order valence-corrected chi connectivity index (χ4v) is 3.17. The summed E-state index contributed by atoms with van der Waals surface area (Å²) in [4.78, 5) is 26.9. The first-order chi connectivity index (χ1) is 10.5. The van der Waals surface area contributed by atoms with Gasteiger partial charge in [0.15, 0.2) is 0 Å². The van der Waals surface area contributed by atoms with E-state index >= 15 is 0 Å². The third-order valence-corrected chi connectivity index (χ3v) is 4.29. The van der Waals surface area contributed by atoms with Gasteiger partial charge in [0.05, 0.1) is 17.2 Å². The number of amides is 1. The molecule has 2 aliphatic heterocycles. The van der Waals surface area contributed by atoms with Crippen LogP contribution in [0.1, 0.15) is 12.5 Å². The normalized spacial score (nSPS) is 21.7. The molecule has 2 aliphatic rings. The van der Waals surface area contributed by atoms with Gasteiger partial charge in [-0.1, -0.05) is 6.07 Å². The lowest BCUT2D eigenvalue weighted by atomic mass is 10.1. The van der Waals surface area contributed by atoms with Gasteiger partial charge in [0.2, 0.25) is 5.91 Å². The summed E-state index contributed by atoms with van der Waals surface area (Å²) in [5.41, 5.74) is 1.74. The summed E-state index contributed by atoms with van der Waals surface area (Å²) in [5, 5.41) is 14.3. The van der Waals surface area contributed by atoms with Gasteiger partial charge in [0, 0.05) is 44.4 Å². The van der Waals surface area contributed by atoms with E-state index in [0.717, 1.165) is 31.6 Å². The number of non-ortho nitro benzene ring substituents is 1. The van der Waals surface area contributed by atoms with E-state index in [4.69, 9.17) is 0 Å². The maximum Gasteiger partial charge on any atom is 0.271 e. The van der Waals surface area contributed by atoms with Gasteiger partial charge in [-0.25, -0.2) is 0 Å². The minimum absolute atomic E-state index is 0.0216. The number of carbonyl (C=O) groups excluding carboxylic acids is 1. The zero-order chi connectivity index (χ0) is 15.7. The van der Waals surface area contributed by atoms with Crippen molar-refractivity contribution in [1.29, 1.82) is 0 Å². The number of fused-ring (bicyclic) bond motifs is 1. The predicted molar refractivity (Wildman–Crippen MR) is 83.1 cm³/mol. The second kappa shape index (κ2) is 6.02. The lowest BCUT2D eigenvalue weighted by Gasteiger charge is -2.32. The number of anilines is 1.